The normalized spacial score (nSPS) is 10.8. The maximum atomic E-state index is 12.5. The molecule has 0 saturated heterocycles. The molecule has 0 saturated carbocycles. The number of thioether (sulfide) groups is 1. The molecule has 9 heteroatoms. The molecule has 0 aliphatic rings. The van der Waals surface area contributed by atoms with Gasteiger partial charge in [0.1, 0.15) is 0 Å². The number of methoxy groups -OCH3 is 1. The van der Waals surface area contributed by atoms with Crippen molar-refractivity contribution in [3.05, 3.63) is 57.5 Å². The number of anilines is 1. The summed E-state index contributed by atoms with van der Waals surface area (Å²) in [5.41, 5.74) is 2.18. The summed E-state index contributed by atoms with van der Waals surface area (Å²) >= 11 is 1.08. The number of carbonyl (C=O) groups is 2. The van der Waals surface area contributed by atoms with E-state index in [-0.39, 0.29) is 33.4 Å². The maximum Gasteiger partial charge on any atom is 0.338 e. The third-order valence-electron chi connectivity index (χ3n) is 4.31. The van der Waals surface area contributed by atoms with Crippen molar-refractivity contribution < 1.29 is 14.3 Å². The molecule has 30 heavy (non-hydrogen) atoms. The molecule has 0 fully saturated rings. The first-order valence-electron chi connectivity index (χ1n) is 9.42. The second-order valence-electron chi connectivity index (χ2n) is 6.66. The minimum Gasteiger partial charge on any atom is -0.465 e. The number of rotatable bonds is 7. The van der Waals surface area contributed by atoms with Crippen molar-refractivity contribution in [2.45, 2.75) is 31.8 Å². The zero-order valence-corrected chi connectivity index (χ0v) is 17.8. The molecule has 2 N–H and O–H groups in total. The molecule has 156 valence electrons. The van der Waals surface area contributed by atoms with Crippen LogP contribution in [-0.2, 0) is 16.0 Å². The highest BCUT2D eigenvalue weighted by atomic mass is 32.2. The van der Waals surface area contributed by atoms with E-state index in [0.717, 1.165) is 24.6 Å². The number of amides is 1. The topological polar surface area (TPSA) is 114 Å². The van der Waals surface area contributed by atoms with Gasteiger partial charge in [0.25, 0.3) is 5.56 Å². The summed E-state index contributed by atoms with van der Waals surface area (Å²) in [6.07, 6.45) is 2.06. The van der Waals surface area contributed by atoms with Crippen LogP contribution in [0.4, 0.5) is 5.69 Å². The largest absolute Gasteiger partial charge is 0.465 e. The van der Waals surface area contributed by atoms with E-state index in [2.05, 4.69) is 27.2 Å². The van der Waals surface area contributed by atoms with Gasteiger partial charge in [-0.1, -0.05) is 37.2 Å². The Morgan fingerprint density at radius 2 is 1.93 bits per heavy atom. The van der Waals surface area contributed by atoms with Crippen LogP contribution >= 0.6 is 11.8 Å². The first kappa shape index (κ1) is 21.5. The smallest absolute Gasteiger partial charge is 0.338 e. The van der Waals surface area contributed by atoms with E-state index >= 15 is 0 Å². The highest BCUT2D eigenvalue weighted by molar-refractivity contribution is 7.99. The van der Waals surface area contributed by atoms with Crippen LogP contribution < -0.4 is 10.9 Å². The fourth-order valence-electron chi connectivity index (χ4n) is 2.96. The number of fused-ring (bicyclic) bond motifs is 1. The van der Waals surface area contributed by atoms with Crippen molar-refractivity contribution in [1.29, 1.82) is 0 Å². The van der Waals surface area contributed by atoms with Gasteiger partial charge in [-0.05, 0) is 37.1 Å². The molecule has 0 bridgehead atoms. The van der Waals surface area contributed by atoms with Crippen LogP contribution in [0.15, 0.2) is 40.3 Å². The Hall–Kier alpha value is -3.20. The third kappa shape index (κ3) is 5.04. The fraction of sp³-hybridized carbons (Fsp3) is 0.286. The zero-order chi connectivity index (χ0) is 21.7. The Morgan fingerprint density at radius 3 is 2.60 bits per heavy atom. The predicted molar refractivity (Wildman–Crippen MR) is 116 cm³/mol. The number of benzene rings is 1. The van der Waals surface area contributed by atoms with Gasteiger partial charge in [-0.2, -0.15) is 0 Å². The molecule has 0 spiro atoms. The summed E-state index contributed by atoms with van der Waals surface area (Å²) in [5.74, 6) is -0.804. The molecule has 2 aromatic heterocycles. The Morgan fingerprint density at radius 1 is 1.20 bits per heavy atom. The molecule has 0 atom stereocenters. The quantitative estimate of drug-likeness (QED) is 0.339. The Balaban J connectivity index is 1.74. The van der Waals surface area contributed by atoms with Crippen LogP contribution in [0, 0.1) is 6.92 Å². The van der Waals surface area contributed by atoms with Crippen molar-refractivity contribution in [2.75, 3.05) is 18.2 Å². The molecule has 0 aliphatic carbocycles. The van der Waals surface area contributed by atoms with Crippen molar-refractivity contribution in [3.8, 4) is 0 Å². The van der Waals surface area contributed by atoms with Gasteiger partial charge in [0.05, 0.1) is 23.8 Å². The molecule has 3 aromatic rings. The number of aromatic nitrogens is 3. The van der Waals surface area contributed by atoms with E-state index in [1.54, 1.807) is 6.92 Å². The zero-order valence-electron chi connectivity index (χ0n) is 16.9. The highest BCUT2D eigenvalue weighted by Gasteiger charge is 2.18. The second-order valence-corrected chi connectivity index (χ2v) is 7.62. The van der Waals surface area contributed by atoms with Crippen LogP contribution in [0.25, 0.3) is 11.0 Å². The van der Waals surface area contributed by atoms with Gasteiger partial charge in [-0.15, -0.1) is 0 Å². The fourth-order valence-corrected chi connectivity index (χ4v) is 3.61. The number of aryl methyl sites for hydroxylation is 2. The summed E-state index contributed by atoms with van der Waals surface area (Å²) in [7, 11) is 1.24. The predicted octanol–water partition coefficient (Wildman–Crippen LogP) is 3.10. The number of nitrogens with one attached hydrogen (secondary N) is 2. The number of H-pyrrole nitrogens is 1. The van der Waals surface area contributed by atoms with E-state index in [9.17, 15) is 14.4 Å². The van der Waals surface area contributed by atoms with Crippen molar-refractivity contribution in [3.63, 3.8) is 0 Å². The molecular weight excluding hydrogens is 404 g/mol. The monoisotopic (exact) mass is 426 g/mol. The lowest BCUT2D eigenvalue weighted by Gasteiger charge is -2.08. The number of pyridine rings is 1. The van der Waals surface area contributed by atoms with Crippen molar-refractivity contribution in [2.24, 2.45) is 0 Å². The first-order valence-corrected chi connectivity index (χ1v) is 10.4. The molecule has 1 aromatic carbocycles. The lowest BCUT2D eigenvalue weighted by molar-refractivity contribution is -0.113. The van der Waals surface area contributed by atoms with Gasteiger partial charge in [0.2, 0.25) is 5.91 Å². The number of ether oxygens (including phenoxy) is 1. The number of nitrogens with zero attached hydrogens (tertiary/aromatic N) is 2. The van der Waals surface area contributed by atoms with Crippen LogP contribution in [0.2, 0.25) is 0 Å². The summed E-state index contributed by atoms with van der Waals surface area (Å²) in [6.45, 7) is 3.81. The van der Waals surface area contributed by atoms with Crippen molar-refractivity contribution in [1.82, 2.24) is 15.0 Å². The van der Waals surface area contributed by atoms with Gasteiger partial charge < -0.3 is 15.0 Å². The minimum atomic E-state index is -0.637. The van der Waals surface area contributed by atoms with Gasteiger partial charge in [-0.3, -0.25) is 9.59 Å². The van der Waals surface area contributed by atoms with Gasteiger partial charge in [0.15, 0.2) is 10.8 Å². The molecule has 0 aliphatic heterocycles. The second kappa shape index (κ2) is 9.53. The van der Waals surface area contributed by atoms with Gasteiger partial charge in [-0.25, -0.2) is 14.8 Å². The van der Waals surface area contributed by atoms with E-state index < -0.39 is 11.5 Å². The Labute approximate surface area is 177 Å². The van der Waals surface area contributed by atoms with Crippen LogP contribution in [0.1, 0.15) is 35.0 Å². The number of aromatic amines is 1. The van der Waals surface area contributed by atoms with Crippen LogP contribution in [0.5, 0.6) is 0 Å². The van der Waals surface area contributed by atoms with Gasteiger partial charge >= 0.3 is 5.97 Å². The SMILES string of the molecule is CCCc1ccc(NC(=O)CSc2nc3nc(C)cc(C(=O)OC)c3c(=O)[nH]2)cc1. The molecule has 0 radical (unpaired) electrons. The molecule has 3 rings (SSSR count). The summed E-state index contributed by atoms with van der Waals surface area (Å²) in [6, 6.07) is 9.19. The molecule has 2 heterocycles. The Kier molecular flexibility index (Phi) is 6.83. The van der Waals surface area contributed by atoms with E-state index in [0.29, 0.717) is 11.4 Å². The number of carbonyl (C=O) groups excluding carboxylic acids is 2. The summed E-state index contributed by atoms with van der Waals surface area (Å²) < 4.78 is 4.74. The summed E-state index contributed by atoms with van der Waals surface area (Å²) in [4.78, 5) is 47.9. The Bertz CT molecular complexity index is 1140. The standard InChI is InChI=1S/C21H22N4O4S/c1-4-5-13-6-8-14(9-7-13)23-16(26)11-30-21-24-18-17(19(27)25-21)15(20(28)29-3)10-12(2)22-18/h6-10H,4-5,11H2,1-3H3,(H,23,26)(H,22,24,25,27). The number of hydrogen-bond acceptors (Lipinski definition) is 7. The van der Waals surface area contributed by atoms with Crippen molar-refractivity contribution >= 4 is 40.4 Å². The minimum absolute atomic E-state index is 0.0564. The average Bonchev–Trinajstić information content (AvgIpc) is 2.72. The molecule has 0 unspecified atom stereocenters. The maximum absolute atomic E-state index is 12.5. The third-order valence-corrected chi connectivity index (χ3v) is 5.18. The van der Waals surface area contributed by atoms with Gasteiger partial charge in [0, 0.05) is 11.4 Å². The van der Waals surface area contributed by atoms with E-state index in [1.807, 2.05) is 24.3 Å². The first-order chi connectivity index (χ1) is 14.4. The van der Waals surface area contributed by atoms with E-state index in [4.69, 9.17) is 4.74 Å². The lowest BCUT2D eigenvalue weighted by Crippen LogP contribution is -2.17. The lowest BCUT2D eigenvalue weighted by atomic mass is 10.1. The van der Waals surface area contributed by atoms with E-state index in [1.165, 1.54) is 18.7 Å². The number of esters is 1. The number of hydrogen-bond donors (Lipinski definition) is 2. The summed E-state index contributed by atoms with van der Waals surface area (Å²) in [5, 5.41) is 3.13. The molecule has 8 nitrogen and oxygen atoms in total. The average molecular weight is 426 g/mol. The van der Waals surface area contributed by atoms with Crippen LogP contribution in [-0.4, -0.2) is 39.7 Å². The van der Waals surface area contributed by atoms with Crippen LogP contribution in [0.3, 0.4) is 0 Å². The highest BCUT2D eigenvalue weighted by Crippen LogP contribution is 2.19. The molecule has 1 amide bonds. The molecular formula is C21H22N4O4S.